The minimum absolute atomic E-state index is 0.109. The van der Waals surface area contributed by atoms with Crippen LogP contribution in [0, 0.1) is 0 Å². The molecule has 1 unspecified atom stereocenters. The Morgan fingerprint density at radius 3 is 2.70 bits per heavy atom. The highest BCUT2D eigenvalue weighted by atomic mass is 32.2. The maximum absolute atomic E-state index is 12.3. The van der Waals surface area contributed by atoms with Crippen molar-refractivity contribution in [1.29, 1.82) is 0 Å². The highest BCUT2D eigenvalue weighted by Crippen LogP contribution is 2.17. The van der Waals surface area contributed by atoms with Gasteiger partial charge in [-0.2, -0.15) is 0 Å². The third-order valence-corrected chi connectivity index (χ3v) is 4.85. The molecular weight excluding hydrogens is 318 g/mol. The van der Waals surface area contributed by atoms with E-state index in [0.717, 1.165) is 0 Å². The quantitative estimate of drug-likeness (QED) is 0.749. The minimum atomic E-state index is -3.64. The summed E-state index contributed by atoms with van der Waals surface area (Å²) in [7, 11) is -3.64. The average Bonchev–Trinajstić information content (AvgIpc) is 2.46. The molecule has 1 aromatic rings. The van der Waals surface area contributed by atoms with Crippen LogP contribution in [0.1, 0.15) is 20.8 Å². The van der Waals surface area contributed by atoms with E-state index in [1.54, 1.807) is 32.9 Å². The molecule has 0 spiro atoms. The lowest BCUT2D eigenvalue weighted by Crippen LogP contribution is -2.48. The first-order chi connectivity index (χ1) is 10.7. The predicted molar refractivity (Wildman–Crippen MR) is 87.8 cm³/mol. The number of amides is 1. The number of benzene rings is 1. The molecular formula is C15H23N3O4S. The molecule has 1 aromatic carbocycles. The molecule has 128 valence electrons. The van der Waals surface area contributed by atoms with Gasteiger partial charge in [0.15, 0.2) is 0 Å². The standard InChI is InChI=1S/C15H23N3O4S/c1-15(2,3)18-23(20,21)12-6-4-5-11(9-12)17-14(19)13-10-22-8-7-16-13/h4-6,9,13,16,18H,7-8,10H2,1-3H3,(H,17,19). The SMILES string of the molecule is CC(C)(C)NS(=O)(=O)c1cccc(NC(=O)C2COCCN2)c1. The summed E-state index contributed by atoms with van der Waals surface area (Å²) >= 11 is 0. The summed E-state index contributed by atoms with van der Waals surface area (Å²) in [4.78, 5) is 12.2. The third kappa shape index (κ3) is 5.28. The minimum Gasteiger partial charge on any atom is -0.378 e. The molecule has 3 N–H and O–H groups in total. The van der Waals surface area contributed by atoms with Gasteiger partial charge in [-0.15, -0.1) is 0 Å². The van der Waals surface area contributed by atoms with Crippen LogP contribution in [0.2, 0.25) is 0 Å². The van der Waals surface area contributed by atoms with Gasteiger partial charge in [-0.05, 0) is 39.0 Å². The van der Waals surface area contributed by atoms with Gasteiger partial charge in [0.1, 0.15) is 6.04 Å². The van der Waals surface area contributed by atoms with Gasteiger partial charge < -0.3 is 15.4 Å². The van der Waals surface area contributed by atoms with Crippen molar-refractivity contribution >= 4 is 21.6 Å². The number of carbonyl (C=O) groups is 1. The summed E-state index contributed by atoms with van der Waals surface area (Å²) < 4.78 is 32.5. The van der Waals surface area contributed by atoms with Crippen LogP contribution in [-0.2, 0) is 19.6 Å². The van der Waals surface area contributed by atoms with Crippen LogP contribution < -0.4 is 15.4 Å². The van der Waals surface area contributed by atoms with Crippen LogP contribution >= 0.6 is 0 Å². The second-order valence-corrected chi connectivity index (χ2v) is 8.14. The molecule has 23 heavy (non-hydrogen) atoms. The fourth-order valence-corrected chi connectivity index (χ4v) is 3.63. The molecule has 0 radical (unpaired) electrons. The van der Waals surface area contributed by atoms with Gasteiger partial charge in [0, 0.05) is 17.8 Å². The summed E-state index contributed by atoms with van der Waals surface area (Å²) in [5.74, 6) is -0.247. The molecule has 1 amide bonds. The number of hydrogen-bond donors (Lipinski definition) is 3. The van der Waals surface area contributed by atoms with Gasteiger partial charge in [-0.1, -0.05) is 6.07 Å². The van der Waals surface area contributed by atoms with Crippen LogP contribution in [0.25, 0.3) is 0 Å². The van der Waals surface area contributed by atoms with E-state index in [9.17, 15) is 13.2 Å². The lowest BCUT2D eigenvalue weighted by molar-refractivity contribution is -0.120. The van der Waals surface area contributed by atoms with Gasteiger partial charge in [-0.3, -0.25) is 4.79 Å². The topological polar surface area (TPSA) is 96.5 Å². The van der Waals surface area contributed by atoms with Crippen LogP contribution in [0.15, 0.2) is 29.2 Å². The van der Waals surface area contributed by atoms with Crippen molar-refractivity contribution in [2.24, 2.45) is 0 Å². The number of anilines is 1. The van der Waals surface area contributed by atoms with E-state index in [1.807, 2.05) is 0 Å². The molecule has 1 aliphatic rings. The average molecular weight is 341 g/mol. The Balaban J connectivity index is 2.12. The Labute approximate surface area is 136 Å². The summed E-state index contributed by atoms with van der Waals surface area (Å²) in [6, 6.07) is 5.74. The molecule has 1 fully saturated rings. The smallest absolute Gasteiger partial charge is 0.243 e. The zero-order valence-corrected chi connectivity index (χ0v) is 14.4. The van der Waals surface area contributed by atoms with Crippen molar-refractivity contribution in [1.82, 2.24) is 10.0 Å². The number of morpholine rings is 1. The molecule has 1 heterocycles. The number of carbonyl (C=O) groups excluding carboxylic acids is 1. The molecule has 1 aliphatic heterocycles. The van der Waals surface area contributed by atoms with Crippen molar-refractivity contribution in [3.8, 4) is 0 Å². The number of ether oxygens (including phenoxy) is 1. The van der Waals surface area contributed by atoms with Gasteiger partial charge in [0.2, 0.25) is 15.9 Å². The molecule has 0 saturated carbocycles. The first-order valence-corrected chi connectivity index (χ1v) is 8.92. The Bertz CT molecular complexity index is 662. The van der Waals surface area contributed by atoms with E-state index in [0.29, 0.717) is 25.4 Å². The summed E-state index contributed by atoms with van der Waals surface area (Å²) in [5, 5.41) is 5.76. The van der Waals surface area contributed by atoms with E-state index in [-0.39, 0.29) is 10.8 Å². The largest absolute Gasteiger partial charge is 0.378 e. The summed E-state index contributed by atoms with van der Waals surface area (Å²) in [6.45, 7) is 6.80. The fourth-order valence-electron chi connectivity index (χ4n) is 2.17. The summed E-state index contributed by atoms with van der Waals surface area (Å²) in [6.07, 6.45) is 0. The first-order valence-electron chi connectivity index (χ1n) is 7.43. The van der Waals surface area contributed by atoms with Gasteiger partial charge in [-0.25, -0.2) is 13.1 Å². The van der Waals surface area contributed by atoms with E-state index < -0.39 is 21.6 Å². The lowest BCUT2D eigenvalue weighted by Gasteiger charge is -2.23. The van der Waals surface area contributed by atoms with E-state index in [4.69, 9.17) is 4.74 Å². The van der Waals surface area contributed by atoms with E-state index in [2.05, 4.69) is 15.4 Å². The highest BCUT2D eigenvalue weighted by molar-refractivity contribution is 7.89. The molecule has 7 nitrogen and oxygen atoms in total. The van der Waals surface area contributed by atoms with Crippen molar-refractivity contribution in [3.05, 3.63) is 24.3 Å². The van der Waals surface area contributed by atoms with Crippen molar-refractivity contribution < 1.29 is 17.9 Å². The van der Waals surface area contributed by atoms with Crippen LogP contribution in [0.3, 0.4) is 0 Å². The van der Waals surface area contributed by atoms with Gasteiger partial charge in [0.25, 0.3) is 0 Å². The Kier molecular flexibility index (Phi) is 5.41. The predicted octanol–water partition coefficient (Wildman–Crippen LogP) is 0.690. The summed E-state index contributed by atoms with van der Waals surface area (Å²) in [5.41, 5.74) is -0.152. The zero-order chi connectivity index (χ0) is 17.1. The monoisotopic (exact) mass is 341 g/mol. The van der Waals surface area contributed by atoms with Gasteiger partial charge >= 0.3 is 0 Å². The molecule has 8 heteroatoms. The maximum Gasteiger partial charge on any atom is 0.243 e. The molecule has 1 saturated heterocycles. The lowest BCUT2D eigenvalue weighted by atomic mass is 10.1. The molecule has 1 atom stereocenters. The molecule has 2 rings (SSSR count). The van der Waals surface area contributed by atoms with E-state index >= 15 is 0 Å². The second kappa shape index (κ2) is 6.96. The Morgan fingerprint density at radius 1 is 1.35 bits per heavy atom. The maximum atomic E-state index is 12.3. The Morgan fingerprint density at radius 2 is 2.09 bits per heavy atom. The van der Waals surface area contributed by atoms with Crippen molar-refractivity contribution in [3.63, 3.8) is 0 Å². The first kappa shape index (κ1) is 17.9. The molecule has 0 aliphatic carbocycles. The van der Waals surface area contributed by atoms with Crippen LogP contribution in [0.5, 0.6) is 0 Å². The van der Waals surface area contributed by atoms with Crippen molar-refractivity contribution in [2.45, 2.75) is 37.2 Å². The number of nitrogens with one attached hydrogen (secondary N) is 3. The number of rotatable bonds is 4. The van der Waals surface area contributed by atoms with Crippen LogP contribution in [0.4, 0.5) is 5.69 Å². The third-order valence-electron chi connectivity index (χ3n) is 3.09. The van der Waals surface area contributed by atoms with Gasteiger partial charge in [0.05, 0.1) is 18.1 Å². The Hall–Kier alpha value is -1.48. The van der Waals surface area contributed by atoms with Crippen LogP contribution in [-0.4, -0.2) is 45.7 Å². The fraction of sp³-hybridized carbons (Fsp3) is 0.533. The van der Waals surface area contributed by atoms with E-state index in [1.165, 1.54) is 12.1 Å². The molecule has 0 bridgehead atoms. The normalized spacial score (nSPS) is 19.3. The zero-order valence-electron chi connectivity index (χ0n) is 13.5. The number of sulfonamides is 1. The van der Waals surface area contributed by atoms with Crippen molar-refractivity contribution in [2.75, 3.05) is 25.1 Å². The second-order valence-electron chi connectivity index (χ2n) is 6.45. The number of hydrogen-bond acceptors (Lipinski definition) is 5. The highest BCUT2D eigenvalue weighted by Gasteiger charge is 2.24. The molecule has 0 aromatic heterocycles.